The Labute approximate surface area is 186 Å². The molecule has 6 N–H and O–H groups in total. The Kier molecular flexibility index (Phi) is 6.65. The first kappa shape index (κ1) is 24.0. The maximum absolute atomic E-state index is 12.0. The first-order valence-electron chi connectivity index (χ1n) is 9.67. The third-order valence-corrected chi connectivity index (χ3v) is 8.80. The highest BCUT2D eigenvalue weighted by Gasteiger charge is 2.49. The SMILES string of the molecule is O=P(O)(O)CP(=O)(O)O[C@H]1O[C@@H](n2ncc3c(NC4CCCC4)nc(Cl)nc32)[C@H](O)[C@@H]1O. The number of hydrogen-bond donors (Lipinski definition) is 6. The monoisotopic (exact) mass is 513 g/mol. The lowest BCUT2D eigenvalue weighted by atomic mass is 10.2. The normalized spacial score (nSPS) is 28.9. The van der Waals surface area contributed by atoms with E-state index in [-0.39, 0.29) is 17.0 Å². The Morgan fingerprint density at radius 1 is 1.19 bits per heavy atom. The second kappa shape index (κ2) is 8.88. The summed E-state index contributed by atoms with van der Waals surface area (Å²) in [5.74, 6) is -1.03. The molecule has 1 saturated heterocycles. The summed E-state index contributed by atoms with van der Waals surface area (Å²) < 4.78 is 34.2. The van der Waals surface area contributed by atoms with Crippen molar-refractivity contribution in [1.29, 1.82) is 0 Å². The van der Waals surface area contributed by atoms with Crippen LogP contribution in [0.25, 0.3) is 11.0 Å². The molecule has 5 atom stereocenters. The summed E-state index contributed by atoms with van der Waals surface area (Å²) in [6.45, 7) is 0. The van der Waals surface area contributed by atoms with Crippen LogP contribution in [-0.4, -0.2) is 75.1 Å². The standard InChI is InChI=1S/C15H22ClN5O9P2/c16-15-19-11(18-7-3-1-2-4-7)8-5-17-21(12(8)20-15)13-9(22)10(23)14(29-13)30-32(27,28)6-31(24,25)26/h5,7,9-10,13-14,22-23H,1-4,6H2,(H,27,28)(H,18,19,20)(H2,24,25,26)/t9-,10+,13-,14-/m1/s1. The number of hydrogen-bond acceptors (Lipinski definition) is 10. The summed E-state index contributed by atoms with van der Waals surface area (Å²) in [5.41, 5.74) is 0.171. The smallest absolute Gasteiger partial charge is 0.342 e. The molecule has 3 heterocycles. The van der Waals surface area contributed by atoms with Gasteiger partial charge in [-0.15, -0.1) is 0 Å². The van der Waals surface area contributed by atoms with Gasteiger partial charge in [0.1, 0.15) is 18.0 Å². The second-order valence-corrected chi connectivity index (χ2v) is 12.0. The predicted molar refractivity (Wildman–Crippen MR) is 110 cm³/mol. The van der Waals surface area contributed by atoms with Crippen molar-refractivity contribution in [2.45, 2.75) is 56.5 Å². The summed E-state index contributed by atoms with van der Waals surface area (Å²) in [5, 5.41) is 28.5. The van der Waals surface area contributed by atoms with E-state index in [1.807, 2.05) is 0 Å². The number of rotatable bonds is 7. The van der Waals surface area contributed by atoms with Crippen LogP contribution in [0.3, 0.4) is 0 Å². The van der Waals surface area contributed by atoms with Crippen LogP contribution in [0.2, 0.25) is 5.28 Å². The van der Waals surface area contributed by atoms with Gasteiger partial charge in [-0.05, 0) is 24.4 Å². The first-order valence-corrected chi connectivity index (χ1v) is 13.6. The van der Waals surface area contributed by atoms with Crippen LogP contribution in [-0.2, 0) is 18.4 Å². The van der Waals surface area contributed by atoms with E-state index >= 15 is 0 Å². The molecular weight excluding hydrogens is 492 g/mol. The maximum atomic E-state index is 12.0. The number of aliphatic hydroxyl groups is 2. The highest BCUT2D eigenvalue weighted by molar-refractivity contribution is 7.70. The van der Waals surface area contributed by atoms with Crippen molar-refractivity contribution in [2.75, 3.05) is 11.2 Å². The zero-order valence-corrected chi connectivity index (χ0v) is 19.0. The van der Waals surface area contributed by atoms with Gasteiger partial charge in [0.05, 0.1) is 11.6 Å². The average molecular weight is 514 g/mol. The average Bonchev–Trinajstić information content (AvgIpc) is 3.36. The molecule has 2 aromatic heterocycles. The molecule has 17 heteroatoms. The highest BCUT2D eigenvalue weighted by Crippen LogP contribution is 2.57. The number of ether oxygens (including phenoxy) is 1. The van der Waals surface area contributed by atoms with Crippen LogP contribution in [0.15, 0.2) is 6.20 Å². The molecule has 1 aliphatic heterocycles. The van der Waals surface area contributed by atoms with Crippen LogP contribution in [0, 0.1) is 0 Å². The number of nitrogens with zero attached hydrogens (tertiary/aromatic N) is 4. The number of anilines is 1. The molecule has 32 heavy (non-hydrogen) atoms. The molecule has 2 aromatic rings. The largest absolute Gasteiger partial charge is 0.385 e. The maximum Gasteiger partial charge on any atom is 0.342 e. The van der Waals surface area contributed by atoms with Gasteiger partial charge in [-0.1, -0.05) is 12.8 Å². The molecule has 0 spiro atoms. The van der Waals surface area contributed by atoms with E-state index in [2.05, 4.69) is 20.4 Å². The third kappa shape index (κ3) is 5.15. The summed E-state index contributed by atoms with van der Waals surface area (Å²) in [6.07, 6.45) is -1.18. The van der Waals surface area contributed by atoms with Crippen molar-refractivity contribution in [1.82, 2.24) is 19.7 Å². The van der Waals surface area contributed by atoms with Crippen molar-refractivity contribution < 1.29 is 43.3 Å². The highest BCUT2D eigenvalue weighted by atomic mass is 35.5. The Balaban J connectivity index is 1.59. The number of halogens is 1. The van der Waals surface area contributed by atoms with Crippen molar-refractivity contribution >= 4 is 43.6 Å². The van der Waals surface area contributed by atoms with Gasteiger partial charge in [-0.25, -0.2) is 4.68 Å². The summed E-state index contributed by atoms with van der Waals surface area (Å²) in [6, 6.07) is 0.216. The van der Waals surface area contributed by atoms with E-state index in [0.29, 0.717) is 11.2 Å². The van der Waals surface area contributed by atoms with Gasteiger partial charge in [-0.3, -0.25) is 13.7 Å². The van der Waals surface area contributed by atoms with E-state index in [4.69, 9.17) is 30.6 Å². The number of aliphatic hydroxyl groups excluding tert-OH is 2. The molecule has 0 bridgehead atoms. The van der Waals surface area contributed by atoms with E-state index in [1.165, 1.54) is 6.20 Å². The van der Waals surface area contributed by atoms with Crippen LogP contribution in [0.4, 0.5) is 5.82 Å². The lowest BCUT2D eigenvalue weighted by Gasteiger charge is -2.19. The molecule has 0 radical (unpaired) electrons. The molecule has 1 aliphatic carbocycles. The quantitative estimate of drug-likeness (QED) is 0.223. The van der Waals surface area contributed by atoms with Crippen molar-refractivity contribution in [3.63, 3.8) is 0 Å². The molecule has 178 valence electrons. The lowest BCUT2D eigenvalue weighted by Crippen LogP contribution is -2.32. The van der Waals surface area contributed by atoms with Crippen molar-refractivity contribution in [3.8, 4) is 0 Å². The van der Waals surface area contributed by atoms with E-state index in [9.17, 15) is 24.2 Å². The fourth-order valence-corrected chi connectivity index (χ4v) is 6.60. The van der Waals surface area contributed by atoms with E-state index < -0.39 is 45.8 Å². The van der Waals surface area contributed by atoms with Crippen LogP contribution in [0.5, 0.6) is 0 Å². The van der Waals surface area contributed by atoms with Gasteiger partial charge in [0, 0.05) is 6.04 Å². The molecule has 0 aromatic carbocycles. The van der Waals surface area contributed by atoms with Crippen LogP contribution >= 0.6 is 26.8 Å². The molecular formula is C15H22ClN5O9P2. The minimum absolute atomic E-state index is 0.0953. The number of nitrogens with one attached hydrogen (secondary N) is 1. The molecule has 4 rings (SSSR count). The Bertz CT molecular complexity index is 1090. The minimum Gasteiger partial charge on any atom is -0.385 e. The molecule has 14 nitrogen and oxygen atoms in total. The summed E-state index contributed by atoms with van der Waals surface area (Å²) in [4.78, 5) is 35.9. The molecule has 2 fully saturated rings. The lowest BCUT2D eigenvalue weighted by molar-refractivity contribution is -0.130. The fraction of sp³-hybridized carbons (Fsp3) is 0.667. The minimum atomic E-state index is -4.89. The summed E-state index contributed by atoms with van der Waals surface area (Å²) in [7, 11) is -9.75. The Morgan fingerprint density at radius 2 is 1.88 bits per heavy atom. The topological polar surface area (TPSA) is 209 Å². The third-order valence-electron chi connectivity index (χ3n) is 5.19. The second-order valence-electron chi connectivity index (χ2n) is 7.72. The number of aromatic nitrogens is 4. The molecule has 1 saturated carbocycles. The van der Waals surface area contributed by atoms with Crippen LogP contribution < -0.4 is 5.32 Å². The van der Waals surface area contributed by atoms with Gasteiger partial charge in [0.25, 0.3) is 0 Å². The molecule has 1 unspecified atom stereocenters. The number of fused-ring (bicyclic) bond motifs is 1. The van der Waals surface area contributed by atoms with Gasteiger partial charge in [-0.2, -0.15) is 15.1 Å². The fourth-order valence-electron chi connectivity index (χ4n) is 3.80. The molecule has 2 aliphatic rings. The zero-order chi connectivity index (χ0) is 23.3. The Hall–Kier alpha value is -1.18. The van der Waals surface area contributed by atoms with Gasteiger partial charge >= 0.3 is 15.2 Å². The first-order chi connectivity index (χ1) is 14.9. The van der Waals surface area contributed by atoms with Gasteiger partial charge < -0.3 is 34.9 Å². The van der Waals surface area contributed by atoms with E-state index in [0.717, 1.165) is 30.4 Å². The Morgan fingerprint density at radius 3 is 2.53 bits per heavy atom. The molecule has 0 amide bonds. The van der Waals surface area contributed by atoms with Crippen LogP contribution in [0.1, 0.15) is 31.9 Å². The summed E-state index contributed by atoms with van der Waals surface area (Å²) >= 11 is 6.06. The van der Waals surface area contributed by atoms with Gasteiger partial charge in [0.15, 0.2) is 24.1 Å². The van der Waals surface area contributed by atoms with Crippen molar-refractivity contribution in [3.05, 3.63) is 11.5 Å². The van der Waals surface area contributed by atoms with Crippen molar-refractivity contribution in [2.24, 2.45) is 0 Å². The zero-order valence-electron chi connectivity index (χ0n) is 16.4. The van der Waals surface area contributed by atoms with E-state index in [1.54, 1.807) is 0 Å². The van der Waals surface area contributed by atoms with Gasteiger partial charge in [0.2, 0.25) is 5.28 Å². The predicted octanol–water partition coefficient (Wildman–Crippen LogP) is 0.748.